The molecule has 0 saturated carbocycles. The Kier molecular flexibility index (Phi) is 3.19. The summed E-state index contributed by atoms with van der Waals surface area (Å²) < 4.78 is 0. The Morgan fingerprint density at radius 1 is 1.50 bits per heavy atom. The van der Waals surface area contributed by atoms with Crippen molar-refractivity contribution in [2.45, 2.75) is 20.0 Å². The molecule has 0 aliphatic carbocycles. The van der Waals surface area contributed by atoms with Crippen LogP contribution in [0.15, 0.2) is 18.3 Å². The van der Waals surface area contributed by atoms with E-state index in [0.29, 0.717) is 5.56 Å². The van der Waals surface area contributed by atoms with Gasteiger partial charge in [0.1, 0.15) is 5.69 Å². The lowest BCUT2D eigenvalue weighted by molar-refractivity contribution is 0.0689. The van der Waals surface area contributed by atoms with E-state index < -0.39 is 12.1 Å². The van der Waals surface area contributed by atoms with Crippen molar-refractivity contribution >= 4 is 5.97 Å². The molecule has 1 atom stereocenters. The van der Waals surface area contributed by atoms with E-state index in [2.05, 4.69) is 4.98 Å². The minimum Gasteiger partial charge on any atom is -0.477 e. The molecule has 14 heavy (non-hydrogen) atoms. The van der Waals surface area contributed by atoms with Crippen LogP contribution in [-0.2, 0) is 0 Å². The van der Waals surface area contributed by atoms with Gasteiger partial charge in [-0.3, -0.25) is 0 Å². The Labute approximate surface area is 82.2 Å². The molecule has 4 heteroatoms. The maximum atomic E-state index is 10.6. The smallest absolute Gasteiger partial charge is 0.354 e. The van der Waals surface area contributed by atoms with Gasteiger partial charge in [0.05, 0.1) is 6.10 Å². The van der Waals surface area contributed by atoms with Gasteiger partial charge in [-0.05, 0) is 23.6 Å². The summed E-state index contributed by atoms with van der Waals surface area (Å²) in [6, 6.07) is 3.02. The highest BCUT2D eigenvalue weighted by Gasteiger charge is 2.14. The molecular weight excluding hydrogens is 182 g/mol. The number of carboxylic acids is 1. The molecule has 0 spiro atoms. The Bertz CT molecular complexity index is 336. The van der Waals surface area contributed by atoms with Crippen LogP contribution in [0.25, 0.3) is 0 Å². The highest BCUT2D eigenvalue weighted by Crippen LogP contribution is 2.20. The van der Waals surface area contributed by atoms with E-state index in [1.165, 1.54) is 12.3 Å². The van der Waals surface area contributed by atoms with Crippen molar-refractivity contribution in [2.75, 3.05) is 0 Å². The average molecular weight is 195 g/mol. The van der Waals surface area contributed by atoms with Gasteiger partial charge in [-0.25, -0.2) is 9.78 Å². The molecule has 0 aromatic carbocycles. The van der Waals surface area contributed by atoms with Gasteiger partial charge in [0, 0.05) is 6.20 Å². The van der Waals surface area contributed by atoms with E-state index in [1.807, 2.05) is 13.8 Å². The molecule has 4 nitrogen and oxygen atoms in total. The SMILES string of the molecule is CC(C)C(O)c1ccnc(C(=O)O)c1. The topological polar surface area (TPSA) is 70.4 Å². The number of aromatic nitrogens is 1. The highest BCUT2D eigenvalue weighted by atomic mass is 16.4. The first kappa shape index (κ1) is 10.7. The molecule has 0 aliphatic rings. The average Bonchev–Trinajstić information content (AvgIpc) is 2.16. The molecule has 0 saturated heterocycles. The van der Waals surface area contributed by atoms with Crippen molar-refractivity contribution in [3.63, 3.8) is 0 Å². The zero-order valence-electron chi connectivity index (χ0n) is 8.14. The number of pyridine rings is 1. The molecule has 1 aromatic rings. The summed E-state index contributed by atoms with van der Waals surface area (Å²) in [6.45, 7) is 3.73. The lowest BCUT2D eigenvalue weighted by Gasteiger charge is -2.14. The number of aliphatic hydroxyl groups excluding tert-OH is 1. The molecule has 1 rings (SSSR count). The third-order valence-electron chi connectivity index (χ3n) is 1.98. The Hall–Kier alpha value is -1.42. The van der Waals surface area contributed by atoms with Gasteiger partial charge in [0.15, 0.2) is 0 Å². The zero-order chi connectivity index (χ0) is 10.7. The lowest BCUT2D eigenvalue weighted by atomic mass is 9.99. The van der Waals surface area contributed by atoms with Crippen LogP contribution >= 0.6 is 0 Å². The van der Waals surface area contributed by atoms with Gasteiger partial charge in [-0.2, -0.15) is 0 Å². The van der Waals surface area contributed by atoms with E-state index >= 15 is 0 Å². The third-order valence-corrected chi connectivity index (χ3v) is 1.98. The number of rotatable bonds is 3. The molecule has 0 aliphatic heterocycles. The Balaban J connectivity index is 2.99. The summed E-state index contributed by atoms with van der Waals surface area (Å²) >= 11 is 0. The Morgan fingerprint density at radius 3 is 2.64 bits per heavy atom. The van der Waals surface area contributed by atoms with Crippen LogP contribution in [-0.4, -0.2) is 21.2 Å². The molecule has 0 amide bonds. The fourth-order valence-electron chi connectivity index (χ4n) is 1.13. The van der Waals surface area contributed by atoms with E-state index in [-0.39, 0.29) is 11.6 Å². The van der Waals surface area contributed by atoms with Crippen LogP contribution in [0.4, 0.5) is 0 Å². The quantitative estimate of drug-likeness (QED) is 0.766. The number of carboxylic acid groups (broad SMARTS) is 1. The summed E-state index contributed by atoms with van der Waals surface area (Å²) in [5.74, 6) is -1.03. The number of carbonyl (C=O) groups is 1. The van der Waals surface area contributed by atoms with Crippen LogP contribution in [0.1, 0.15) is 36.0 Å². The van der Waals surface area contributed by atoms with Gasteiger partial charge >= 0.3 is 5.97 Å². The fraction of sp³-hybridized carbons (Fsp3) is 0.400. The second-order valence-electron chi connectivity index (χ2n) is 3.47. The molecule has 1 aromatic heterocycles. The maximum Gasteiger partial charge on any atom is 0.354 e. The van der Waals surface area contributed by atoms with E-state index in [0.717, 1.165) is 0 Å². The molecule has 1 unspecified atom stereocenters. The number of aromatic carboxylic acids is 1. The van der Waals surface area contributed by atoms with Crippen molar-refractivity contribution in [1.82, 2.24) is 4.98 Å². The van der Waals surface area contributed by atoms with Crippen molar-refractivity contribution in [2.24, 2.45) is 5.92 Å². The normalized spacial score (nSPS) is 12.9. The minimum absolute atomic E-state index is 0.0396. The standard InChI is InChI=1S/C10H13NO3/c1-6(2)9(12)7-3-4-11-8(5-7)10(13)14/h3-6,9,12H,1-2H3,(H,13,14). The van der Waals surface area contributed by atoms with Crippen LogP contribution in [0.5, 0.6) is 0 Å². The van der Waals surface area contributed by atoms with E-state index in [4.69, 9.17) is 5.11 Å². The lowest BCUT2D eigenvalue weighted by Crippen LogP contribution is -2.08. The molecule has 1 heterocycles. The maximum absolute atomic E-state index is 10.6. The first-order valence-electron chi connectivity index (χ1n) is 4.39. The summed E-state index contributed by atoms with van der Waals surface area (Å²) in [6.07, 6.45) is 0.751. The van der Waals surface area contributed by atoms with Gasteiger partial charge < -0.3 is 10.2 Å². The third kappa shape index (κ3) is 2.29. The largest absolute Gasteiger partial charge is 0.477 e. The van der Waals surface area contributed by atoms with Gasteiger partial charge in [0.25, 0.3) is 0 Å². The van der Waals surface area contributed by atoms with Crippen LogP contribution in [0, 0.1) is 5.92 Å². The number of hydrogen-bond acceptors (Lipinski definition) is 3. The molecule has 0 bridgehead atoms. The predicted octanol–water partition coefficient (Wildman–Crippen LogP) is 1.47. The van der Waals surface area contributed by atoms with Gasteiger partial charge in [-0.1, -0.05) is 13.8 Å². The number of aliphatic hydroxyl groups is 1. The second-order valence-corrected chi connectivity index (χ2v) is 3.47. The monoisotopic (exact) mass is 195 g/mol. The minimum atomic E-state index is -1.08. The predicted molar refractivity (Wildman–Crippen MR) is 51.0 cm³/mol. The summed E-state index contributed by atoms with van der Waals surface area (Å²) in [7, 11) is 0. The molecular formula is C10H13NO3. The molecule has 0 radical (unpaired) electrons. The van der Waals surface area contributed by atoms with Crippen molar-refractivity contribution in [3.05, 3.63) is 29.6 Å². The Morgan fingerprint density at radius 2 is 2.14 bits per heavy atom. The molecule has 0 fully saturated rings. The van der Waals surface area contributed by atoms with E-state index in [9.17, 15) is 9.90 Å². The van der Waals surface area contributed by atoms with Crippen LogP contribution in [0.2, 0.25) is 0 Å². The van der Waals surface area contributed by atoms with Crippen LogP contribution < -0.4 is 0 Å². The number of hydrogen-bond donors (Lipinski definition) is 2. The summed E-state index contributed by atoms with van der Waals surface area (Å²) in [5.41, 5.74) is 0.551. The second kappa shape index (κ2) is 4.19. The van der Waals surface area contributed by atoms with E-state index in [1.54, 1.807) is 6.07 Å². The first-order valence-corrected chi connectivity index (χ1v) is 4.39. The summed E-state index contributed by atoms with van der Waals surface area (Å²) in [5, 5.41) is 18.4. The van der Waals surface area contributed by atoms with Gasteiger partial charge in [0.2, 0.25) is 0 Å². The van der Waals surface area contributed by atoms with Gasteiger partial charge in [-0.15, -0.1) is 0 Å². The molecule has 2 N–H and O–H groups in total. The zero-order valence-corrected chi connectivity index (χ0v) is 8.14. The van der Waals surface area contributed by atoms with Crippen molar-refractivity contribution < 1.29 is 15.0 Å². The molecule has 76 valence electrons. The fourth-order valence-corrected chi connectivity index (χ4v) is 1.13. The first-order chi connectivity index (χ1) is 6.52. The van der Waals surface area contributed by atoms with Crippen molar-refractivity contribution in [1.29, 1.82) is 0 Å². The van der Waals surface area contributed by atoms with Crippen molar-refractivity contribution in [3.8, 4) is 0 Å². The van der Waals surface area contributed by atoms with Crippen LogP contribution in [0.3, 0.4) is 0 Å². The summed E-state index contributed by atoms with van der Waals surface area (Å²) in [4.78, 5) is 14.3. The highest BCUT2D eigenvalue weighted by molar-refractivity contribution is 5.85. The number of nitrogens with zero attached hydrogens (tertiary/aromatic N) is 1.